The summed E-state index contributed by atoms with van der Waals surface area (Å²) in [6.07, 6.45) is 3.87. The van der Waals surface area contributed by atoms with E-state index in [4.69, 9.17) is 4.42 Å². The Morgan fingerprint density at radius 1 is 1.65 bits per heavy atom. The predicted octanol–water partition coefficient (Wildman–Crippen LogP) is 1.15. The summed E-state index contributed by atoms with van der Waals surface area (Å²) in [7, 11) is 1.74. The van der Waals surface area contributed by atoms with E-state index in [1.54, 1.807) is 13.3 Å². The van der Waals surface area contributed by atoms with Gasteiger partial charge in [0.2, 0.25) is 11.9 Å². The van der Waals surface area contributed by atoms with Crippen LogP contribution in [0.2, 0.25) is 0 Å². The molecule has 1 aliphatic rings. The van der Waals surface area contributed by atoms with Gasteiger partial charge in [-0.2, -0.15) is 10.1 Å². The van der Waals surface area contributed by atoms with Gasteiger partial charge in [-0.05, 0) is 18.6 Å². The van der Waals surface area contributed by atoms with E-state index in [-0.39, 0.29) is 17.7 Å². The van der Waals surface area contributed by atoms with E-state index in [1.807, 2.05) is 12.1 Å². The number of anilines is 1. The average Bonchev–Trinajstić information content (AvgIpc) is 2.73. The quantitative estimate of drug-likeness (QED) is 0.861. The van der Waals surface area contributed by atoms with Crippen molar-refractivity contribution in [2.75, 3.05) is 5.32 Å². The van der Waals surface area contributed by atoms with Crippen molar-refractivity contribution in [3.8, 4) is 0 Å². The molecule has 1 saturated carbocycles. The molecule has 1 N–H and O–H groups in total. The first-order chi connectivity index (χ1) is 8.25. The minimum absolute atomic E-state index is 0.0159. The minimum atomic E-state index is -0.0255. The molecule has 0 aliphatic heterocycles. The third-order valence-corrected chi connectivity index (χ3v) is 2.98. The molecule has 0 spiro atoms. The van der Waals surface area contributed by atoms with E-state index in [1.165, 1.54) is 11.0 Å². The second-order valence-electron chi connectivity index (χ2n) is 4.16. The molecular formula is C11H12N4O2. The standard InChI is InChI=1S/C11H12N4O2/c1-15-11(12-6-13-15)14-10(16)8-5-7(8)9-3-2-4-17-9/h2-4,6-8H,5H2,1H3,(H,12,13,14,16)/t7-,8+/m1/s1. The van der Waals surface area contributed by atoms with Crippen molar-refractivity contribution in [1.29, 1.82) is 0 Å². The maximum absolute atomic E-state index is 11.9. The highest BCUT2D eigenvalue weighted by molar-refractivity contribution is 5.93. The lowest BCUT2D eigenvalue weighted by Gasteiger charge is -2.02. The summed E-state index contributed by atoms with van der Waals surface area (Å²) in [6, 6.07) is 3.74. The highest BCUT2D eigenvalue weighted by Gasteiger charge is 2.46. The first-order valence-corrected chi connectivity index (χ1v) is 5.44. The Labute approximate surface area is 97.6 Å². The topological polar surface area (TPSA) is 73.0 Å². The maximum Gasteiger partial charge on any atom is 0.230 e. The smallest absolute Gasteiger partial charge is 0.230 e. The summed E-state index contributed by atoms with van der Waals surface area (Å²) in [5, 5.41) is 6.64. The summed E-state index contributed by atoms with van der Waals surface area (Å²) >= 11 is 0. The molecule has 3 rings (SSSR count). The van der Waals surface area contributed by atoms with Crippen molar-refractivity contribution in [3.05, 3.63) is 30.5 Å². The first kappa shape index (κ1) is 10.1. The normalized spacial score (nSPS) is 22.4. The zero-order valence-corrected chi connectivity index (χ0v) is 9.33. The molecule has 0 radical (unpaired) electrons. The van der Waals surface area contributed by atoms with Crippen LogP contribution < -0.4 is 5.32 Å². The van der Waals surface area contributed by atoms with Crippen LogP contribution >= 0.6 is 0 Å². The number of carbonyl (C=O) groups excluding carboxylic acids is 1. The second kappa shape index (κ2) is 3.73. The van der Waals surface area contributed by atoms with Crippen LogP contribution in [0.4, 0.5) is 5.95 Å². The molecule has 1 amide bonds. The number of nitrogens with zero attached hydrogens (tertiary/aromatic N) is 3. The van der Waals surface area contributed by atoms with Gasteiger partial charge in [0.1, 0.15) is 12.1 Å². The van der Waals surface area contributed by atoms with E-state index >= 15 is 0 Å². The van der Waals surface area contributed by atoms with E-state index in [2.05, 4.69) is 15.4 Å². The fourth-order valence-electron chi connectivity index (χ4n) is 1.91. The Morgan fingerprint density at radius 3 is 3.18 bits per heavy atom. The summed E-state index contributed by atoms with van der Waals surface area (Å²) in [6.45, 7) is 0. The Kier molecular flexibility index (Phi) is 2.21. The van der Waals surface area contributed by atoms with Crippen LogP contribution in [0.1, 0.15) is 18.1 Å². The molecule has 6 heteroatoms. The molecule has 0 bridgehead atoms. The van der Waals surface area contributed by atoms with Gasteiger partial charge < -0.3 is 4.42 Å². The monoisotopic (exact) mass is 232 g/mol. The van der Waals surface area contributed by atoms with Crippen LogP contribution in [-0.2, 0) is 11.8 Å². The lowest BCUT2D eigenvalue weighted by molar-refractivity contribution is -0.117. The van der Waals surface area contributed by atoms with E-state index < -0.39 is 0 Å². The van der Waals surface area contributed by atoms with Gasteiger partial charge in [0.25, 0.3) is 0 Å². The fourth-order valence-corrected chi connectivity index (χ4v) is 1.91. The first-order valence-electron chi connectivity index (χ1n) is 5.44. The van der Waals surface area contributed by atoms with Gasteiger partial charge in [-0.1, -0.05) is 0 Å². The van der Waals surface area contributed by atoms with Crippen LogP contribution in [0.25, 0.3) is 0 Å². The van der Waals surface area contributed by atoms with Crippen molar-refractivity contribution in [2.45, 2.75) is 12.3 Å². The van der Waals surface area contributed by atoms with Gasteiger partial charge in [0.15, 0.2) is 0 Å². The van der Waals surface area contributed by atoms with Gasteiger partial charge in [0.05, 0.1) is 6.26 Å². The summed E-state index contributed by atoms with van der Waals surface area (Å²) in [4.78, 5) is 15.8. The molecule has 2 heterocycles. The molecule has 0 saturated heterocycles. The zero-order valence-electron chi connectivity index (χ0n) is 9.33. The Morgan fingerprint density at radius 2 is 2.53 bits per heavy atom. The van der Waals surface area contributed by atoms with Gasteiger partial charge in [-0.3, -0.25) is 10.1 Å². The van der Waals surface area contributed by atoms with Crippen molar-refractivity contribution >= 4 is 11.9 Å². The highest BCUT2D eigenvalue weighted by Crippen LogP contribution is 2.47. The molecule has 2 atom stereocenters. The van der Waals surface area contributed by atoms with Gasteiger partial charge in [-0.15, -0.1) is 0 Å². The summed E-state index contributed by atoms with van der Waals surface area (Å²) in [5.74, 6) is 1.52. The largest absolute Gasteiger partial charge is 0.469 e. The van der Waals surface area contributed by atoms with Gasteiger partial charge in [-0.25, -0.2) is 4.68 Å². The third kappa shape index (κ3) is 1.82. The SMILES string of the molecule is Cn1ncnc1NC(=O)[C@H]1C[C@H]1c1ccco1. The fraction of sp³-hybridized carbons (Fsp3) is 0.364. The van der Waals surface area contributed by atoms with Crippen LogP contribution in [0.15, 0.2) is 29.1 Å². The number of amides is 1. The lowest BCUT2D eigenvalue weighted by Crippen LogP contribution is -2.17. The molecular weight excluding hydrogens is 220 g/mol. The number of aryl methyl sites for hydroxylation is 1. The molecule has 1 aliphatic carbocycles. The Balaban J connectivity index is 1.64. The number of aromatic nitrogens is 3. The molecule has 0 unspecified atom stereocenters. The van der Waals surface area contributed by atoms with Crippen LogP contribution in [0.5, 0.6) is 0 Å². The second-order valence-corrected chi connectivity index (χ2v) is 4.16. The molecule has 88 valence electrons. The summed E-state index contributed by atoms with van der Waals surface area (Å²) < 4.78 is 6.81. The van der Waals surface area contributed by atoms with Crippen molar-refractivity contribution in [2.24, 2.45) is 13.0 Å². The number of hydrogen-bond donors (Lipinski definition) is 1. The number of carbonyl (C=O) groups is 1. The highest BCUT2D eigenvalue weighted by atomic mass is 16.3. The van der Waals surface area contributed by atoms with Gasteiger partial charge in [0, 0.05) is 18.9 Å². The number of furan rings is 1. The molecule has 2 aromatic rings. The minimum Gasteiger partial charge on any atom is -0.469 e. The van der Waals surface area contributed by atoms with Crippen LogP contribution in [0, 0.1) is 5.92 Å². The van der Waals surface area contributed by atoms with E-state index in [9.17, 15) is 4.79 Å². The van der Waals surface area contributed by atoms with E-state index in [0.29, 0.717) is 5.95 Å². The summed E-state index contributed by atoms with van der Waals surface area (Å²) in [5.41, 5.74) is 0. The van der Waals surface area contributed by atoms with Crippen LogP contribution in [0.3, 0.4) is 0 Å². The Bertz CT molecular complexity index is 531. The molecule has 17 heavy (non-hydrogen) atoms. The molecule has 0 aromatic carbocycles. The maximum atomic E-state index is 11.9. The molecule has 1 fully saturated rings. The Hall–Kier alpha value is -2.11. The van der Waals surface area contributed by atoms with E-state index in [0.717, 1.165) is 12.2 Å². The number of nitrogens with one attached hydrogen (secondary N) is 1. The number of rotatable bonds is 3. The molecule has 6 nitrogen and oxygen atoms in total. The average molecular weight is 232 g/mol. The van der Waals surface area contributed by atoms with Crippen molar-refractivity contribution < 1.29 is 9.21 Å². The zero-order chi connectivity index (χ0) is 11.8. The van der Waals surface area contributed by atoms with Crippen LogP contribution in [-0.4, -0.2) is 20.7 Å². The predicted molar refractivity (Wildman–Crippen MR) is 59.2 cm³/mol. The number of hydrogen-bond acceptors (Lipinski definition) is 4. The molecule has 2 aromatic heterocycles. The third-order valence-electron chi connectivity index (χ3n) is 2.98. The van der Waals surface area contributed by atoms with Crippen molar-refractivity contribution in [3.63, 3.8) is 0 Å². The van der Waals surface area contributed by atoms with Gasteiger partial charge >= 0.3 is 0 Å². The lowest BCUT2D eigenvalue weighted by atomic mass is 10.2. The van der Waals surface area contributed by atoms with Crippen molar-refractivity contribution in [1.82, 2.24) is 14.8 Å².